The lowest BCUT2D eigenvalue weighted by atomic mass is 10.0. The third-order valence-corrected chi connectivity index (χ3v) is 2.69. The van der Waals surface area contributed by atoms with Gasteiger partial charge in [0.05, 0.1) is 6.04 Å². The second-order valence-electron chi connectivity index (χ2n) is 3.49. The first-order valence-electron chi connectivity index (χ1n) is 4.88. The van der Waals surface area contributed by atoms with Crippen molar-refractivity contribution in [1.82, 2.24) is 10.2 Å². The van der Waals surface area contributed by atoms with E-state index < -0.39 is 5.91 Å². The summed E-state index contributed by atoms with van der Waals surface area (Å²) in [5.41, 5.74) is 5.16. The van der Waals surface area contributed by atoms with Gasteiger partial charge in [-0.3, -0.25) is 9.59 Å². The van der Waals surface area contributed by atoms with Crippen LogP contribution < -0.4 is 11.1 Å². The maximum atomic E-state index is 11.8. The summed E-state index contributed by atoms with van der Waals surface area (Å²) < 4.78 is 0. The standard InChI is InChI=1S/C9H17N3O2/c1-3-6(11-2)9(14)12-5-4-7(12)8(10)13/h6-7,11H,3-5H2,1-2H3,(H2,10,13). The average molecular weight is 199 g/mol. The quantitative estimate of drug-likeness (QED) is 0.614. The van der Waals surface area contributed by atoms with Crippen molar-refractivity contribution in [3.8, 4) is 0 Å². The van der Waals surface area contributed by atoms with Gasteiger partial charge < -0.3 is 16.0 Å². The third-order valence-electron chi connectivity index (χ3n) is 2.69. The molecule has 14 heavy (non-hydrogen) atoms. The molecule has 0 aromatic heterocycles. The van der Waals surface area contributed by atoms with Crippen LogP contribution in [0.5, 0.6) is 0 Å². The van der Waals surface area contributed by atoms with E-state index in [0.717, 1.165) is 6.42 Å². The van der Waals surface area contributed by atoms with E-state index in [1.165, 1.54) is 0 Å². The molecule has 1 heterocycles. The Balaban J connectivity index is 2.57. The Morgan fingerprint density at radius 3 is 2.57 bits per heavy atom. The summed E-state index contributed by atoms with van der Waals surface area (Å²) in [6.07, 6.45) is 1.42. The predicted octanol–water partition coefficient (Wildman–Crippen LogP) is -0.929. The maximum absolute atomic E-state index is 11.8. The van der Waals surface area contributed by atoms with Gasteiger partial charge in [-0.15, -0.1) is 0 Å². The Kier molecular flexibility index (Phi) is 3.46. The minimum atomic E-state index is -0.407. The van der Waals surface area contributed by atoms with E-state index in [1.807, 2.05) is 6.92 Å². The number of likely N-dealkylation sites (N-methyl/N-ethyl adjacent to an activating group) is 1. The number of nitrogens with zero attached hydrogens (tertiary/aromatic N) is 1. The van der Waals surface area contributed by atoms with Gasteiger partial charge in [0.25, 0.3) is 0 Å². The van der Waals surface area contributed by atoms with Crippen LogP contribution in [0.4, 0.5) is 0 Å². The molecular formula is C9H17N3O2. The summed E-state index contributed by atoms with van der Waals surface area (Å²) in [6, 6.07) is -0.581. The predicted molar refractivity (Wildman–Crippen MR) is 52.5 cm³/mol. The highest BCUT2D eigenvalue weighted by Gasteiger charge is 2.38. The van der Waals surface area contributed by atoms with Crippen molar-refractivity contribution in [3.63, 3.8) is 0 Å². The number of hydrogen-bond acceptors (Lipinski definition) is 3. The van der Waals surface area contributed by atoms with Crippen molar-refractivity contribution >= 4 is 11.8 Å². The molecule has 0 radical (unpaired) electrons. The third kappa shape index (κ3) is 1.87. The fourth-order valence-corrected chi connectivity index (χ4v) is 1.65. The van der Waals surface area contributed by atoms with Gasteiger partial charge in [-0.1, -0.05) is 6.92 Å². The molecule has 1 aliphatic rings. The molecule has 5 nitrogen and oxygen atoms in total. The zero-order valence-electron chi connectivity index (χ0n) is 8.62. The van der Waals surface area contributed by atoms with Gasteiger partial charge in [-0.2, -0.15) is 0 Å². The van der Waals surface area contributed by atoms with Crippen LogP contribution in [0.25, 0.3) is 0 Å². The number of carbonyl (C=O) groups excluding carboxylic acids is 2. The van der Waals surface area contributed by atoms with Crippen molar-refractivity contribution in [2.75, 3.05) is 13.6 Å². The molecular weight excluding hydrogens is 182 g/mol. The van der Waals surface area contributed by atoms with E-state index >= 15 is 0 Å². The molecule has 2 atom stereocenters. The van der Waals surface area contributed by atoms with E-state index in [1.54, 1.807) is 11.9 Å². The molecule has 0 spiro atoms. The second kappa shape index (κ2) is 4.41. The van der Waals surface area contributed by atoms with Crippen LogP contribution in [-0.2, 0) is 9.59 Å². The number of rotatable bonds is 4. The smallest absolute Gasteiger partial charge is 0.240 e. The summed E-state index contributed by atoms with van der Waals surface area (Å²) in [4.78, 5) is 24.2. The van der Waals surface area contributed by atoms with Crippen molar-refractivity contribution in [3.05, 3.63) is 0 Å². The first-order chi connectivity index (χ1) is 6.61. The van der Waals surface area contributed by atoms with Crippen LogP contribution >= 0.6 is 0 Å². The maximum Gasteiger partial charge on any atom is 0.240 e. The van der Waals surface area contributed by atoms with Crippen molar-refractivity contribution in [1.29, 1.82) is 0 Å². The fraction of sp³-hybridized carbons (Fsp3) is 0.778. The zero-order chi connectivity index (χ0) is 10.7. The minimum Gasteiger partial charge on any atom is -0.368 e. The van der Waals surface area contributed by atoms with Gasteiger partial charge in [0.15, 0.2) is 0 Å². The normalized spacial score (nSPS) is 22.7. The number of likely N-dealkylation sites (tertiary alicyclic amines) is 1. The highest BCUT2D eigenvalue weighted by atomic mass is 16.2. The van der Waals surface area contributed by atoms with E-state index in [0.29, 0.717) is 13.0 Å². The Hall–Kier alpha value is -1.10. The number of hydrogen-bond donors (Lipinski definition) is 2. The number of primary amides is 1. The van der Waals surface area contributed by atoms with Gasteiger partial charge in [0, 0.05) is 6.54 Å². The second-order valence-corrected chi connectivity index (χ2v) is 3.49. The van der Waals surface area contributed by atoms with Crippen LogP contribution in [0.3, 0.4) is 0 Å². The first kappa shape index (κ1) is 11.0. The Labute approximate surface area is 83.6 Å². The van der Waals surface area contributed by atoms with E-state index in [9.17, 15) is 9.59 Å². The lowest BCUT2D eigenvalue weighted by Crippen LogP contribution is -2.61. The molecule has 2 amide bonds. The molecule has 1 fully saturated rings. The summed E-state index contributed by atoms with van der Waals surface area (Å²) in [5, 5.41) is 2.92. The molecule has 0 aromatic carbocycles. The Morgan fingerprint density at radius 2 is 2.29 bits per heavy atom. The Bertz CT molecular complexity index is 238. The first-order valence-corrected chi connectivity index (χ1v) is 4.88. The lowest BCUT2D eigenvalue weighted by Gasteiger charge is -2.40. The van der Waals surface area contributed by atoms with Crippen LogP contribution in [0, 0.1) is 0 Å². The van der Waals surface area contributed by atoms with E-state index in [4.69, 9.17) is 5.73 Å². The largest absolute Gasteiger partial charge is 0.368 e. The highest BCUT2D eigenvalue weighted by Crippen LogP contribution is 2.18. The molecule has 1 aliphatic heterocycles. The zero-order valence-corrected chi connectivity index (χ0v) is 8.62. The van der Waals surface area contributed by atoms with Gasteiger partial charge in [0.2, 0.25) is 11.8 Å². The molecule has 0 saturated carbocycles. The fourth-order valence-electron chi connectivity index (χ4n) is 1.65. The molecule has 1 rings (SSSR count). The van der Waals surface area contributed by atoms with Gasteiger partial charge in [-0.05, 0) is 19.9 Å². The molecule has 80 valence electrons. The van der Waals surface area contributed by atoms with E-state index in [2.05, 4.69) is 5.32 Å². The molecule has 3 N–H and O–H groups in total. The summed E-state index contributed by atoms with van der Waals surface area (Å²) in [6.45, 7) is 2.57. The molecule has 0 aliphatic carbocycles. The van der Waals surface area contributed by atoms with E-state index in [-0.39, 0.29) is 18.0 Å². The monoisotopic (exact) mass is 199 g/mol. The van der Waals surface area contributed by atoms with Crippen LogP contribution in [0.2, 0.25) is 0 Å². The van der Waals surface area contributed by atoms with Crippen molar-refractivity contribution in [2.24, 2.45) is 5.73 Å². The topological polar surface area (TPSA) is 75.4 Å². The van der Waals surface area contributed by atoms with Gasteiger partial charge >= 0.3 is 0 Å². The lowest BCUT2D eigenvalue weighted by molar-refractivity contribution is -0.147. The average Bonchev–Trinajstić information content (AvgIpc) is 2.02. The number of amides is 2. The molecule has 0 aromatic rings. The van der Waals surface area contributed by atoms with Gasteiger partial charge in [-0.25, -0.2) is 0 Å². The highest BCUT2D eigenvalue weighted by molar-refractivity contribution is 5.90. The SMILES string of the molecule is CCC(NC)C(=O)N1CCC1C(N)=O. The van der Waals surface area contributed by atoms with Crippen LogP contribution in [0.1, 0.15) is 19.8 Å². The number of carbonyl (C=O) groups is 2. The summed E-state index contributed by atoms with van der Waals surface area (Å²) in [5.74, 6) is -0.430. The van der Waals surface area contributed by atoms with Crippen molar-refractivity contribution < 1.29 is 9.59 Å². The molecule has 1 saturated heterocycles. The molecule has 0 bridgehead atoms. The molecule has 2 unspecified atom stereocenters. The molecule has 5 heteroatoms. The minimum absolute atomic E-state index is 0.0231. The van der Waals surface area contributed by atoms with Crippen LogP contribution in [0.15, 0.2) is 0 Å². The summed E-state index contributed by atoms with van der Waals surface area (Å²) >= 11 is 0. The summed E-state index contributed by atoms with van der Waals surface area (Å²) in [7, 11) is 1.74. The Morgan fingerprint density at radius 1 is 1.64 bits per heavy atom. The van der Waals surface area contributed by atoms with Gasteiger partial charge in [0.1, 0.15) is 6.04 Å². The van der Waals surface area contributed by atoms with Crippen molar-refractivity contribution in [2.45, 2.75) is 31.8 Å². The number of nitrogens with two attached hydrogens (primary N) is 1. The van der Waals surface area contributed by atoms with Crippen LogP contribution in [-0.4, -0.2) is 42.4 Å². The number of nitrogens with one attached hydrogen (secondary N) is 1.